The number of carbonyl (C=O) groups excluding carboxylic acids is 1. The summed E-state index contributed by atoms with van der Waals surface area (Å²) in [4.78, 5) is 15.9. The summed E-state index contributed by atoms with van der Waals surface area (Å²) in [5, 5.41) is 2.04. The van der Waals surface area contributed by atoms with Gasteiger partial charge in [0.1, 0.15) is 0 Å². The third kappa shape index (κ3) is 3.21. The van der Waals surface area contributed by atoms with Gasteiger partial charge in [-0.1, -0.05) is 0 Å². The van der Waals surface area contributed by atoms with Crippen molar-refractivity contribution in [2.45, 2.75) is 0 Å². The number of rotatable bonds is 4. The Morgan fingerprint density at radius 1 is 1.33 bits per heavy atom. The van der Waals surface area contributed by atoms with Crippen molar-refractivity contribution in [2.75, 3.05) is 19.0 Å². The summed E-state index contributed by atoms with van der Waals surface area (Å²) in [7, 11) is 4.01. The van der Waals surface area contributed by atoms with E-state index in [4.69, 9.17) is 0 Å². The molecule has 2 aromatic heterocycles. The van der Waals surface area contributed by atoms with Gasteiger partial charge in [-0.2, -0.15) is 0 Å². The first-order valence-electron chi connectivity index (χ1n) is 5.30. The number of anilines is 1. The number of thiophene rings is 2. The zero-order chi connectivity index (χ0) is 13.1. The van der Waals surface area contributed by atoms with Crippen molar-refractivity contribution in [3.8, 4) is 0 Å². The van der Waals surface area contributed by atoms with Crippen LogP contribution in [-0.2, 0) is 0 Å². The van der Waals surface area contributed by atoms with Crippen molar-refractivity contribution in [2.24, 2.45) is 0 Å². The molecule has 2 nitrogen and oxygen atoms in total. The summed E-state index contributed by atoms with van der Waals surface area (Å²) in [5.41, 5.74) is 1.14. The van der Waals surface area contributed by atoms with Crippen molar-refractivity contribution in [1.82, 2.24) is 0 Å². The van der Waals surface area contributed by atoms with E-state index in [0.29, 0.717) is 0 Å². The van der Waals surface area contributed by atoms with Gasteiger partial charge in [-0.3, -0.25) is 4.79 Å². The van der Waals surface area contributed by atoms with Crippen molar-refractivity contribution in [3.63, 3.8) is 0 Å². The lowest BCUT2D eigenvalue weighted by Gasteiger charge is -2.10. The van der Waals surface area contributed by atoms with E-state index in [1.54, 1.807) is 17.4 Å². The van der Waals surface area contributed by atoms with E-state index < -0.39 is 0 Å². The molecule has 0 bridgehead atoms. The number of hydrogen-bond acceptors (Lipinski definition) is 4. The van der Waals surface area contributed by atoms with Crippen LogP contribution in [0.5, 0.6) is 0 Å². The minimum atomic E-state index is 0.0704. The third-order valence-electron chi connectivity index (χ3n) is 2.36. The minimum Gasteiger partial charge on any atom is -0.376 e. The molecule has 2 rings (SSSR count). The average molecular weight is 389 g/mol. The molecule has 0 N–H and O–H groups in total. The number of halogens is 1. The predicted molar refractivity (Wildman–Crippen MR) is 89.0 cm³/mol. The van der Waals surface area contributed by atoms with E-state index in [1.807, 2.05) is 37.7 Å². The van der Waals surface area contributed by atoms with Gasteiger partial charge in [-0.05, 0) is 58.3 Å². The fourth-order valence-corrected chi connectivity index (χ4v) is 3.89. The van der Waals surface area contributed by atoms with Crippen LogP contribution in [0.4, 0.5) is 5.69 Å². The van der Waals surface area contributed by atoms with Gasteiger partial charge >= 0.3 is 0 Å². The quantitative estimate of drug-likeness (QED) is 0.440. The molecule has 0 amide bonds. The highest BCUT2D eigenvalue weighted by Crippen LogP contribution is 2.26. The maximum absolute atomic E-state index is 11.9. The summed E-state index contributed by atoms with van der Waals surface area (Å²) in [6.45, 7) is 0. The molecule has 0 fully saturated rings. The molecular formula is C13H12INOS2. The summed E-state index contributed by atoms with van der Waals surface area (Å²) >= 11 is 5.39. The highest BCUT2D eigenvalue weighted by Gasteiger charge is 2.07. The van der Waals surface area contributed by atoms with Crippen molar-refractivity contribution in [1.29, 1.82) is 0 Å². The number of ketones is 1. The molecule has 2 aromatic rings. The Morgan fingerprint density at radius 2 is 2.11 bits per heavy atom. The van der Waals surface area contributed by atoms with Crippen LogP contribution in [0.2, 0.25) is 0 Å². The Hall–Kier alpha value is -0.660. The molecule has 94 valence electrons. The molecule has 18 heavy (non-hydrogen) atoms. The van der Waals surface area contributed by atoms with E-state index in [2.05, 4.69) is 33.6 Å². The van der Waals surface area contributed by atoms with Gasteiger partial charge in [0.15, 0.2) is 5.78 Å². The smallest absolute Gasteiger partial charge is 0.195 e. The van der Waals surface area contributed by atoms with Gasteiger partial charge < -0.3 is 4.90 Å². The molecule has 0 aliphatic heterocycles. The molecule has 0 aliphatic rings. The Balaban J connectivity index is 2.16. The Morgan fingerprint density at radius 3 is 2.72 bits per heavy atom. The molecular weight excluding hydrogens is 377 g/mol. The Kier molecular flexibility index (Phi) is 4.58. The molecule has 0 spiro atoms. The lowest BCUT2D eigenvalue weighted by Crippen LogP contribution is -2.08. The lowest BCUT2D eigenvalue weighted by atomic mass is 10.2. The fourth-order valence-electron chi connectivity index (χ4n) is 1.49. The highest BCUT2D eigenvalue weighted by molar-refractivity contribution is 14.1. The van der Waals surface area contributed by atoms with Gasteiger partial charge in [0.2, 0.25) is 0 Å². The SMILES string of the molecule is CN(C)c1ccsc1/C=C/C(=O)c1ccc(I)s1. The van der Waals surface area contributed by atoms with E-state index in [-0.39, 0.29) is 5.78 Å². The molecule has 0 aromatic carbocycles. The normalized spacial score (nSPS) is 11.1. The monoisotopic (exact) mass is 389 g/mol. The second-order valence-corrected chi connectivity index (χ2v) is 7.79. The first kappa shape index (κ1) is 13.8. The van der Waals surface area contributed by atoms with Crippen LogP contribution in [0.1, 0.15) is 14.5 Å². The van der Waals surface area contributed by atoms with Crippen LogP contribution in [0.25, 0.3) is 6.08 Å². The van der Waals surface area contributed by atoms with Crippen molar-refractivity contribution >= 4 is 62.8 Å². The second-order valence-electron chi connectivity index (χ2n) is 3.87. The van der Waals surface area contributed by atoms with Gasteiger partial charge in [-0.25, -0.2) is 0 Å². The minimum absolute atomic E-state index is 0.0704. The fraction of sp³-hybridized carbons (Fsp3) is 0.154. The summed E-state index contributed by atoms with van der Waals surface area (Å²) < 4.78 is 1.13. The van der Waals surface area contributed by atoms with Crippen LogP contribution in [0, 0.1) is 2.88 Å². The maximum atomic E-state index is 11.9. The molecule has 0 saturated carbocycles. The first-order valence-corrected chi connectivity index (χ1v) is 8.08. The lowest BCUT2D eigenvalue weighted by molar-refractivity contribution is 0.105. The summed E-state index contributed by atoms with van der Waals surface area (Å²) in [6.07, 6.45) is 3.55. The molecule has 0 unspecified atom stereocenters. The van der Waals surface area contributed by atoms with E-state index >= 15 is 0 Å². The molecule has 0 saturated heterocycles. The Labute approximate surface area is 128 Å². The van der Waals surface area contributed by atoms with Crippen LogP contribution < -0.4 is 4.90 Å². The molecule has 2 heterocycles. The Bertz CT molecular complexity index is 583. The second kappa shape index (κ2) is 5.99. The van der Waals surface area contributed by atoms with Crippen molar-refractivity contribution < 1.29 is 4.79 Å². The van der Waals surface area contributed by atoms with E-state index in [0.717, 1.165) is 18.3 Å². The van der Waals surface area contributed by atoms with Gasteiger partial charge in [0.25, 0.3) is 0 Å². The maximum Gasteiger partial charge on any atom is 0.195 e. The number of carbonyl (C=O) groups is 1. The zero-order valence-electron chi connectivity index (χ0n) is 10.0. The number of allylic oxidation sites excluding steroid dienone is 1. The predicted octanol–water partition coefficient (Wildman–Crippen LogP) is 4.38. The molecule has 0 radical (unpaired) electrons. The third-order valence-corrected chi connectivity index (χ3v) is 5.14. The molecule has 0 atom stereocenters. The van der Waals surface area contributed by atoms with Crippen molar-refractivity contribution in [3.05, 3.63) is 42.3 Å². The van der Waals surface area contributed by atoms with Crippen LogP contribution in [0.15, 0.2) is 29.7 Å². The van der Waals surface area contributed by atoms with Crippen LogP contribution in [0.3, 0.4) is 0 Å². The highest BCUT2D eigenvalue weighted by atomic mass is 127. The summed E-state index contributed by atoms with van der Waals surface area (Å²) in [5.74, 6) is 0.0704. The van der Waals surface area contributed by atoms with Gasteiger partial charge in [0, 0.05) is 14.1 Å². The largest absolute Gasteiger partial charge is 0.376 e. The summed E-state index contributed by atoms with van der Waals surface area (Å²) in [6, 6.07) is 5.89. The average Bonchev–Trinajstić information content (AvgIpc) is 2.94. The van der Waals surface area contributed by atoms with Gasteiger partial charge in [-0.15, -0.1) is 22.7 Å². The van der Waals surface area contributed by atoms with Gasteiger partial charge in [0.05, 0.1) is 18.3 Å². The molecule has 5 heteroatoms. The van der Waals surface area contributed by atoms with E-state index in [1.165, 1.54) is 11.3 Å². The topological polar surface area (TPSA) is 20.3 Å². The van der Waals surface area contributed by atoms with Crippen LogP contribution >= 0.6 is 45.3 Å². The zero-order valence-corrected chi connectivity index (χ0v) is 13.8. The molecule has 0 aliphatic carbocycles. The number of hydrogen-bond donors (Lipinski definition) is 0. The van der Waals surface area contributed by atoms with E-state index in [9.17, 15) is 4.79 Å². The van der Waals surface area contributed by atoms with Crippen LogP contribution in [-0.4, -0.2) is 19.9 Å². The standard InChI is InChI=1S/C13H12INOS2/c1-15(2)9-7-8-17-11(9)4-3-10(16)12-5-6-13(14)18-12/h3-8H,1-2H3/b4-3+. The number of nitrogens with zero attached hydrogens (tertiary/aromatic N) is 1. The first-order chi connectivity index (χ1) is 8.58.